The summed E-state index contributed by atoms with van der Waals surface area (Å²) in [6.45, 7) is 4.41. The summed E-state index contributed by atoms with van der Waals surface area (Å²) in [6, 6.07) is 3.90. The zero-order chi connectivity index (χ0) is 13.7. The molecule has 1 amide bonds. The fourth-order valence-corrected chi connectivity index (χ4v) is 2.43. The number of hydrogen-bond donors (Lipinski definition) is 1. The molecule has 0 saturated carbocycles. The molecule has 0 aliphatic rings. The van der Waals surface area contributed by atoms with Crippen molar-refractivity contribution in [1.29, 1.82) is 0 Å². The third-order valence-electron chi connectivity index (χ3n) is 2.68. The van der Waals surface area contributed by atoms with Gasteiger partial charge in [-0.3, -0.25) is 9.78 Å². The van der Waals surface area contributed by atoms with Crippen molar-refractivity contribution in [2.24, 2.45) is 5.92 Å². The van der Waals surface area contributed by atoms with Crippen molar-refractivity contribution in [2.45, 2.75) is 20.3 Å². The van der Waals surface area contributed by atoms with Crippen molar-refractivity contribution < 1.29 is 4.79 Å². The van der Waals surface area contributed by atoms with Gasteiger partial charge in [-0.05, 0) is 12.1 Å². The van der Waals surface area contributed by atoms with Crippen molar-refractivity contribution in [1.82, 2.24) is 15.3 Å². The molecule has 0 atom stereocenters. The van der Waals surface area contributed by atoms with Crippen LogP contribution in [-0.4, -0.2) is 22.4 Å². The van der Waals surface area contributed by atoms with Crippen molar-refractivity contribution >= 4 is 17.2 Å². The molecule has 0 aliphatic heterocycles. The van der Waals surface area contributed by atoms with Crippen LogP contribution in [0.3, 0.4) is 0 Å². The predicted molar refractivity (Wildman–Crippen MR) is 76.9 cm³/mol. The molecule has 100 valence electrons. The maximum Gasteiger partial charge on any atom is 0.222 e. The second-order valence-corrected chi connectivity index (χ2v) is 5.43. The fraction of sp³-hybridized carbons (Fsp3) is 0.357. The van der Waals surface area contributed by atoms with Gasteiger partial charge in [0.2, 0.25) is 5.91 Å². The van der Waals surface area contributed by atoms with E-state index in [1.54, 1.807) is 23.7 Å². The standard InChI is InChI=1S/C14H17N3OS/c1-10(2)13(18)16-8-5-12-9-19-14(17-12)11-3-6-15-7-4-11/h3-4,6-7,9-10H,5,8H2,1-2H3,(H,16,18). The largest absolute Gasteiger partial charge is 0.355 e. The molecule has 2 aromatic heterocycles. The number of thiazole rings is 1. The topological polar surface area (TPSA) is 54.9 Å². The minimum atomic E-state index is 0.0304. The lowest BCUT2D eigenvalue weighted by molar-refractivity contribution is -0.123. The second kappa shape index (κ2) is 6.43. The third-order valence-corrected chi connectivity index (χ3v) is 3.62. The van der Waals surface area contributed by atoms with E-state index in [-0.39, 0.29) is 11.8 Å². The first-order valence-corrected chi connectivity index (χ1v) is 7.17. The average molecular weight is 275 g/mol. The summed E-state index contributed by atoms with van der Waals surface area (Å²) in [5, 5.41) is 5.93. The van der Waals surface area contributed by atoms with E-state index in [4.69, 9.17) is 0 Å². The molecular formula is C14H17N3OS. The summed E-state index contributed by atoms with van der Waals surface area (Å²) in [6.07, 6.45) is 4.29. The lowest BCUT2D eigenvalue weighted by Gasteiger charge is -2.05. The zero-order valence-electron chi connectivity index (χ0n) is 11.1. The molecule has 0 unspecified atom stereocenters. The van der Waals surface area contributed by atoms with Crippen LogP contribution < -0.4 is 5.32 Å². The van der Waals surface area contributed by atoms with Gasteiger partial charge in [-0.15, -0.1) is 11.3 Å². The first-order valence-electron chi connectivity index (χ1n) is 6.29. The summed E-state index contributed by atoms with van der Waals surface area (Å²) in [5.41, 5.74) is 2.10. The molecule has 2 aromatic rings. The van der Waals surface area contributed by atoms with Gasteiger partial charge in [0.15, 0.2) is 0 Å². The van der Waals surface area contributed by atoms with Gasteiger partial charge in [0.1, 0.15) is 5.01 Å². The van der Waals surface area contributed by atoms with Crippen LogP contribution >= 0.6 is 11.3 Å². The molecule has 2 rings (SSSR count). The van der Waals surface area contributed by atoms with E-state index in [0.29, 0.717) is 6.54 Å². The molecule has 0 aromatic carbocycles. The van der Waals surface area contributed by atoms with Gasteiger partial charge in [-0.1, -0.05) is 13.8 Å². The van der Waals surface area contributed by atoms with Gasteiger partial charge in [-0.2, -0.15) is 0 Å². The van der Waals surface area contributed by atoms with Crippen molar-refractivity contribution in [2.75, 3.05) is 6.54 Å². The van der Waals surface area contributed by atoms with E-state index in [1.165, 1.54) is 0 Å². The van der Waals surface area contributed by atoms with Crippen LogP contribution in [0.1, 0.15) is 19.5 Å². The average Bonchev–Trinajstić information content (AvgIpc) is 2.88. The van der Waals surface area contributed by atoms with E-state index in [0.717, 1.165) is 22.7 Å². The second-order valence-electron chi connectivity index (χ2n) is 4.58. The summed E-state index contributed by atoms with van der Waals surface area (Å²) in [7, 11) is 0. The van der Waals surface area contributed by atoms with Crippen LogP contribution in [0.5, 0.6) is 0 Å². The Bertz CT molecular complexity index is 537. The van der Waals surface area contributed by atoms with Crippen LogP contribution in [0.2, 0.25) is 0 Å². The van der Waals surface area contributed by atoms with Gasteiger partial charge >= 0.3 is 0 Å². The first kappa shape index (κ1) is 13.7. The number of carbonyl (C=O) groups excluding carboxylic acids is 1. The number of aromatic nitrogens is 2. The van der Waals surface area contributed by atoms with Gasteiger partial charge in [0.05, 0.1) is 5.69 Å². The number of nitrogens with one attached hydrogen (secondary N) is 1. The molecule has 1 N–H and O–H groups in total. The summed E-state index contributed by atoms with van der Waals surface area (Å²) >= 11 is 1.62. The summed E-state index contributed by atoms with van der Waals surface area (Å²) in [4.78, 5) is 20.0. The number of hydrogen-bond acceptors (Lipinski definition) is 4. The summed E-state index contributed by atoms with van der Waals surface area (Å²) in [5.74, 6) is 0.118. The Hall–Kier alpha value is -1.75. The highest BCUT2D eigenvalue weighted by Gasteiger charge is 2.07. The Balaban J connectivity index is 1.90. The fourth-order valence-electron chi connectivity index (χ4n) is 1.57. The lowest BCUT2D eigenvalue weighted by atomic mass is 10.2. The Morgan fingerprint density at radius 2 is 2.11 bits per heavy atom. The third kappa shape index (κ3) is 3.86. The lowest BCUT2D eigenvalue weighted by Crippen LogP contribution is -2.29. The van der Waals surface area contributed by atoms with Crippen LogP contribution in [0.4, 0.5) is 0 Å². The van der Waals surface area contributed by atoms with Crippen LogP contribution in [0, 0.1) is 5.92 Å². The molecule has 19 heavy (non-hydrogen) atoms. The van der Waals surface area contributed by atoms with Gasteiger partial charge in [-0.25, -0.2) is 4.98 Å². The Kier molecular flexibility index (Phi) is 4.63. The van der Waals surface area contributed by atoms with Gasteiger partial charge in [0.25, 0.3) is 0 Å². The normalized spacial score (nSPS) is 10.7. The monoisotopic (exact) mass is 275 g/mol. The highest BCUT2D eigenvalue weighted by atomic mass is 32.1. The number of nitrogens with zero attached hydrogens (tertiary/aromatic N) is 2. The predicted octanol–water partition coefficient (Wildman–Crippen LogP) is 2.52. The van der Waals surface area contributed by atoms with E-state index in [1.807, 2.05) is 31.4 Å². The zero-order valence-corrected chi connectivity index (χ0v) is 11.9. The number of amides is 1. The molecule has 0 fully saturated rings. The summed E-state index contributed by atoms with van der Waals surface area (Å²) < 4.78 is 0. The van der Waals surface area contributed by atoms with E-state index in [9.17, 15) is 4.79 Å². The van der Waals surface area contributed by atoms with E-state index >= 15 is 0 Å². The van der Waals surface area contributed by atoms with Crippen LogP contribution in [0.25, 0.3) is 10.6 Å². The Morgan fingerprint density at radius 3 is 2.79 bits per heavy atom. The van der Waals surface area contributed by atoms with Crippen LogP contribution in [-0.2, 0) is 11.2 Å². The number of rotatable bonds is 5. The number of pyridine rings is 1. The highest BCUT2D eigenvalue weighted by Crippen LogP contribution is 2.22. The minimum Gasteiger partial charge on any atom is -0.355 e. The quantitative estimate of drug-likeness (QED) is 0.912. The minimum absolute atomic E-state index is 0.0304. The van der Waals surface area contributed by atoms with Crippen LogP contribution in [0.15, 0.2) is 29.9 Å². The molecule has 0 spiro atoms. The Labute approximate surface area is 116 Å². The molecular weight excluding hydrogens is 258 g/mol. The van der Waals surface area contributed by atoms with Crippen molar-refractivity contribution in [3.8, 4) is 10.6 Å². The smallest absolute Gasteiger partial charge is 0.222 e. The molecule has 0 aliphatic carbocycles. The highest BCUT2D eigenvalue weighted by molar-refractivity contribution is 7.13. The van der Waals surface area contributed by atoms with E-state index < -0.39 is 0 Å². The van der Waals surface area contributed by atoms with Crippen molar-refractivity contribution in [3.63, 3.8) is 0 Å². The maximum atomic E-state index is 11.4. The SMILES string of the molecule is CC(C)C(=O)NCCc1csc(-c2ccncc2)n1. The van der Waals surface area contributed by atoms with Crippen molar-refractivity contribution in [3.05, 3.63) is 35.6 Å². The molecule has 0 saturated heterocycles. The molecule has 5 heteroatoms. The molecule has 2 heterocycles. The first-order chi connectivity index (χ1) is 9.16. The van der Waals surface area contributed by atoms with E-state index in [2.05, 4.69) is 15.3 Å². The van der Waals surface area contributed by atoms with Gasteiger partial charge < -0.3 is 5.32 Å². The maximum absolute atomic E-state index is 11.4. The Morgan fingerprint density at radius 1 is 1.37 bits per heavy atom. The molecule has 0 bridgehead atoms. The van der Waals surface area contributed by atoms with Gasteiger partial charge in [0, 0.05) is 42.2 Å². The number of carbonyl (C=O) groups is 1. The molecule has 4 nitrogen and oxygen atoms in total. The molecule has 0 radical (unpaired) electrons.